The van der Waals surface area contributed by atoms with Crippen LogP contribution in [0.2, 0.25) is 0 Å². The van der Waals surface area contributed by atoms with Crippen LogP contribution < -0.4 is 5.46 Å². The molecular weight excluding hydrogens is 256 g/mol. The fraction of sp³-hybridized carbons (Fsp3) is 0.667. The van der Waals surface area contributed by atoms with E-state index < -0.39 is 18.3 Å². The summed E-state index contributed by atoms with van der Waals surface area (Å²) in [6.07, 6.45) is 1.62. The molecule has 2 rings (SSSR count). The van der Waals surface area contributed by atoms with E-state index >= 15 is 0 Å². The zero-order valence-electron chi connectivity index (χ0n) is 13.4. The molecule has 2 heterocycles. The molecule has 1 aromatic rings. The van der Waals surface area contributed by atoms with Gasteiger partial charge in [-0.05, 0) is 33.8 Å². The highest BCUT2D eigenvalue weighted by molar-refractivity contribution is 6.62. The largest absolute Gasteiger partial charge is 0.497 e. The van der Waals surface area contributed by atoms with Gasteiger partial charge in [-0.15, -0.1) is 0 Å². The molecule has 1 aromatic heterocycles. The lowest BCUT2D eigenvalue weighted by Gasteiger charge is -2.32. The molecule has 0 bridgehead atoms. The molecule has 20 heavy (non-hydrogen) atoms. The second kappa shape index (κ2) is 4.53. The van der Waals surface area contributed by atoms with Gasteiger partial charge in [-0.2, -0.15) is 0 Å². The molecule has 0 spiro atoms. The number of pyridine rings is 1. The van der Waals surface area contributed by atoms with E-state index in [0.717, 1.165) is 0 Å². The minimum atomic E-state index is -0.691. The van der Waals surface area contributed by atoms with Gasteiger partial charge in [0, 0.05) is 17.1 Å². The summed E-state index contributed by atoms with van der Waals surface area (Å²) < 4.78 is 26.5. The standard InChI is InChI=1S/C15H23BFNO2/c1-13(2,3)12-11(17)10(8-9-18-12)16-19-14(4,5)15(6,7)20-16/h8-9H,1-7H3. The van der Waals surface area contributed by atoms with Crippen molar-refractivity contribution in [3.63, 3.8) is 0 Å². The SMILES string of the molecule is CC(C)(C)c1nccc(B2OC(C)(C)C(C)(C)O2)c1F. The molecule has 0 unspecified atom stereocenters. The normalized spacial score (nSPS) is 21.3. The quantitative estimate of drug-likeness (QED) is 0.741. The van der Waals surface area contributed by atoms with Crippen LogP contribution in [0.15, 0.2) is 12.3 Å². The maximum atomic E-state index is 14.7. The Morgan fingerprint density at radius 2 is 1.60 bits per heavy atom. The van der Waals surface area contributed by atoms with Gasteiger partial charge >= 0.3 is 7.12 Å². The van der Waals surface area contributed by atoms with Crippen LogP contribution in [0.5, 0.6) is 0 Å². The van der Waals surface area contributed by atoms with Gasteiger partial charge < -0.3 is 9.31 Å². The second-order valence-corrected chi connectivity index (χ2v) is 7.40. The summed E-state index contributed by atoms with van der Waals surface area (Å²) >= 11 is 0. The zero-order valence-corrected chi connectivity index (χ0v) is 13.4. The number of rotatable bonds is 1. The second-order valence-electron chi connectivity index (χ2n) is 7.40. The van der Waals surface area contributed by atoms with Crippen LogP contribution >= 0.6 is 0 Å². The van der Waals surface area contributed by atoms with E-state index in [4.69, 9.17) is 9.31 Å². The van der Waals surface area contributed by atoms with Gasteiger partial charge in [0.1, 0.15) is 5.82 Å². The van der Waals surface area contributed by atoms with E-state index in [1.807, 2.05) is 48.5 Å². The lowest BCUT2D eigenvalue weighted by molar-refractivity contribution is 0.00578. The first kappa shape index (κ1) is 15.5. The highest BCUT2D eigenvalue weighted by Crippen LogP contribution is 2.37. The van der Waals surface area contributed by atoms with Crippen LogP contribution in [-0.2, 0) is 14.7 Å². The third kappa shape index (κ3) is 2.49. The molecule has 1 aliphatic heterocycles. The van der Waals surface area contributed by atoms with Crippen molar-refractivity contribution in [2.24, 2.45) is 0 Å². The third-order valence-electron chi connectivity index (χ3n) is 4.14. The first-order valence-corrected chi connectivity index (χ1v) is 6.96. The summed E-state index contributed by atoms with van der Waals surface area (Å²) in [4.78, 5) is 4.17. The average Bonchev–Trinajstić information content (AvgIpc) is 2.46. The third-order valence-corrected chi connectivity index (χ3v) is 4.14. The molecule has 0 atom stereocenters. The van der Waals surface area contributed by atoms with Crippen LogP contribution in [0, 0.1) is 5.82 Å². The Kier molecular flexibility index (Phi) is 3.50. The topological polar surface area (TPSA) is 31.4 Å². The Morgan fingerprint density at radius 1 is 1.10 bits per heavy atom. The molecule has 1 fully saturated rings. The van der Waals surface area contributed by atoms with Crippen molar-refractivity contribution in [3.8, 4) is 0 Å². The Balaban J connectivity index is 2.42. The molecule has 0 amide bonds. The summed E-state index contributed by atoms with van der Waals surface area (Å²) in [5.74, 6) is -0.335. The predicted octanol–water partition coefficient (Wildman–Crippen LogP) is 2.82. The fourth-order valence-electron chi connectivity index (χ4n) is 2.13. The van der Waals surface area contributed by atoms with Crippen LogP contribution in [0.25, 0.3) is 0 Å². The van der Waals surface area contributed by atoms with Crippen LogP contribution in [0.1, 0.15) is 54.2 Å². The van der Waals surface area contributed by atoms with Crippen molar-refractivity contribution in [2.75, 3.05) is 0 Å². The average molecular weight is 279 g/mol. The van der Waals surface area contributed by atoms with Crippen LogP contribution in [0.4, 0.5) is 4.39 Å². The lowest BCUT2D eigenvalue weighted by atomic mass is 9.76. The summed E-state index contributed by atoms with van der Waals surface area (Å²) in [5.41, 5.74) is -0.456. The van der Waals surface area contributed by atoms with E-state index in [0.29, 0.717) is 11.2 Å². The maximum Gasteiger partial charge on any atom is 0.497 e. The molecule has 0 saturated carbocycles. The molecular formula is C15H23BFNO2. The van der Waals surface area contributed by atoms with Gasteiger partial charge in [0.05, 0.1) is 16.9 Å². The molecule has 1 saturated heterocycles. The van der Waals surface area contributed by atoms with Crippen molar-refractivity contribution in [2.45, 2.75) is 65.1 Å². The van der Waals surface area contributed by atoms with Gasteiger partial charge in [-0.25, -0.2) is 4.39 Å². The number of hydrogen-bond donors (Lipinski definition) is 0. The van der Waals surface area contributed by atoms with Crippen LogP contribution in [0.3, 0.4) is 0 Å². The van der Waals surface area contributed by atoms with Crippen molar-refractivity contribution >= 4 is 12.6 Å². The highest BCUT2D eigenvalue weighted by atomic mass is 19.1. The van der Waals surface area contributed by atoms with Crippen molar-refractivity contribution in [1.82, 2.24) is 4.98 Å². The molecule has 0 radical (unpaired) electrons. The molecule has 5 heteroatoms. The summed E-state index contributed by atoms with van der Waals surface area (Å²) in [7, 11) is -0.691. The lowest BCUT2D eigenvalue weighted by Crippen LogP contribution is -2.41. The van der Waals surface area contributed by atoms with Crippen molar-refractivity contribution in [3.05, 3.63) is 23.8 Å². The minimum Gasteiger partial charge on any atom is -0.399 e. The minimum absolute atomic E-state index is 0.335. The molecule has 110 valence electrons. The van der Waals surface area contributed by atoms with E-state index in [9.17, 15) is 4.39 Å². The van der Waals surface area contributed by atoms with Crippen LogP contribution in [-0.4, -0.2) is 23.3 Å². The Bertz CT molecular complexity index is 507. The summed E-state index contributed by atoms with van der Waals surface area (Å²) in [6.45, 7) is 13.6. The summed E-state index contributed by atoms with van der Waals surface area (Å²) in [5, 5.41) is 0. The van der Waals surface area contributed by atoms with E-state index in [-0.39, 0.29) is 11.2 Å². The Hall–Kier alpha value is -0.935. The first-order valence-electron chi connectivity index (χ1n) is 6.96. The van der Waals surface area contributed by atoms with E-state index in [2.05, 4.69) is 4.98 Å². The van der Waals surface area contributed by atoms with Gasteiger partial charge in [-0.3, -0.25) is 4.98 Å². The molecule has 0 aromatic carbocycles. The smallest absolute Gasteiger partial charge is 0.399 e. The molecule has 3 nitrogen and oxygen atoms in total. The fourth-order valence-corrected chi connectivity index (χ4v) is 2.13. The van der Waals surface area contributed by atoms with Gasteiger partial charge in [0.15, 0.2) is 0 Å². The van der Waals surface area contributed by atoms with Gasteiger partial charge in [0.2, 0.25) is 0 Å². The number of halogens is 1. The van der Waals surface area contributed by atoms with Gasteiger partial charge in [0.25, 0.3) is 0 Å². The molecule has 0 aliphatic carbocycles. The maximum absolute atomic E-state index is 14.7. The number of nitrogens with zero attached hydrogens (tertiary/aromatic N) is 1. The van der Waals surface area contributed by atoms with Crippen molar-refractivity contribution < 1.29 is 13.7 Å². The predicted molar refractivity (Wildman–Crippen MR) is 78.6 cm³/mol. The number of hydrogen-bond acceptors (Lipinski definition) is 3. The zero-order chi connectivity index (χ0) is 15.3. The van der Waals surface area contributed by atoms with Gasteiger partial charge in [-0.1, -0.05) is 20.8 Å². The van der Waals surface area contributed by atoms with Crippen molar-refractivity contribution in [1.29, 1.82) is 0 Å². The van der Waals surface area contributed by atoms with E-state index in [1.165, 1.54) is 0 Å². The summed E-state index contributed by atoms with van der Waals surface area (Å²) in [6, 6.07) is 1.63. The highest BCUT2D eigenvalue weighted by Gasteiger charge is 2.52. The number of aromatic nitrogens is 1. The Morgan fingerprint density at radius 3 is 2.05 bits per heavy atom. The molecule has 0 N–H and O–H groups in total. The first-order chi connectivity index (χ1) is 8.96. The monoisotopic (exact) mass is 279 g/mol. The molecule has 1 aliphatic rings. The van der Waals surface area contributed by atoms with E-state index in [1.54, 1.807) is 12.3 Å². The Labute approximate surface area is 121 Å².